The standard InChI is InChI=1S/C15H22O5/c1-8-4-5-11-9(2)12(16)17-13-15(11)10(8)6-7-14(3,18-13)19-20-15/h8-11,13H,4-7H2,1-3H3/t8-,9-,10+,11+,13-,14+,15-/m0/s1. The number of carbonyl (C=O) groups excluding carboxylic acids is 1. The van der Waals surface area contributed by atoms with Crippen molar-refractivity contribution in [3.63, 3.8) is 0 Å². The third kappa shape index (κ3) is 1.46. The second-order valence-electron chi connectivity index (χ2n) is 7.14. The van der Waals surface area contributed by atoms with E-state index in [0.29, 0.717) is 11.8 Å². The summed E-state index contributed by atoms with van der Waals surface area (Å²) in [5.74, 6) is -0.137. The first-order valence-corrected chi connectivity index (χ1v) is 7.71. The summed E-state index contributed by atoms with van der Waals surface area (Å²) in [5, 5.41) is 0. The van der Waals surface area contributed by atoms with E-state index in [1.54, 1.807) is 0 Å². The predicted molar refractivity (Wildman–Crippen MR) is 68.0 cm³/mol. The van der Waals surface area contributed by atoms with Crippen molar-refractivity contribution in [2.24, 2.45) is 23.7 Å². The van der Waals surface area contributed by atoms with Crippen molar-refractivity contribution in [1.82, 2.24) is 0 Å². The Balaban J connectivity index is 1.84. The van der Waals surface area contributed by atoms with E-state index in [4.69, 9.17) is 19.2 Å². The first-order valence-electron chi connectivity index (χ1n) is 7.71. The fourth-order valence-electron chi connectivity index (χ4n) is 4.76. The molecule has 4 saturated heterocycles. The van der Waals surface area contributed by atoms with Crippen LogP contribution in [0.4, 0.5) is 0 Å². The lowest BCUT2D eigenvalue weighted by atomic mass is 9.58. The van der Waals surface area contributed by atoms with E-state index in [1.165, 1.54) is 0 Å². The number of hydrogen-bond acceptors (Lipinski definition) is 5. The number of ether oxygens (including phenoxy) is 2. The van der Waals surface area contributed by atoms with E-state index in [0.717, 1.165) is 25.7 Å². The second-order valence-corrected chi connectivity index (χ2v) is 7.14. The Kier molecular flexibility index (Phi) is 2.58. The maximum Gasteiger partial charge on any atom is 0.311 e. The van der Waals surface area contributed by atoms with E-state index >= 15 is 0 Å². The van der Waals surface area contributed by atoms with Crippen molar-refractivity contribution in [3.05, 3.63) is 0 Å². The first kappa shape index (κ1) is 13.0. The molecule has 0 amide bonds. The number of hydrogen-bond donors (Lipinski definition) is 0. The summed E-state index contributed by atoms with van der Waals surface area (Å²) in [6.45, 7) is 6.06. The molecule has 0 aromatic rings. The van der Waals surface area contributed by atoms with Gasteiger partial charge in [0.15, 0.2) is 5.60 Å². The number of rotatable bonds is 0. The fraction of sp³-hybridized carbons (Fsp3) is 0.933. The van der Waals surface area contributed by atoms with Gasteiger partial charge in [-0.3, -0.25) is 4.79 Å². The lowest BCUT2D eigenvalue weighted by Crippen LogP contribution is -2.69. The summed E-state index contributed by atoms with van der Waals surface area (Å²) >= 11 is 0. The van der Waals surface area contributed by atoms with Crippen molar-refractivity contribution < 1.29 is 24.0 Å². The number of esters is 1. The summed E-state index contributed by atoms with van der Waals surface area (Å²) in [6.07, 6.45) is 3.24. The zero-order valence-corrected chi connectivity index (χ0v) is 12.3. The van der Waals surface area contributed by atoms with E-state index < -0.39 is 17.7 Å². The molecule has 0 unspecified atom stereocenters. The van der Waals surface area contributed by atoms with Gasteiger partial charge in [-0.2, -0.15) is 0 Å². The summed E-state index contributed by atoms with van der Waals surface area (Å²) in [6, 6.07) is 0. The maximum absolute atomic E-state index is 12.1. The molecular formula is C15H22O5. The average Bonchev–Trinajstić information content (AvgIpc) is 2.63. The topological polar surface area (TPSA) is 54.0 Å². The second kappa shape index (κ2) is 3.96. The molecule has 5 nitrogen and oxygen atoms in total. The molecule has 20 heavy (non-hydrogen) atoms. The van der Waals surface area contributed by atoms with E-state index in [2.05, 4.69) is 6.92 Å². The Bertz CT molecular complexity index is 452. The monoisotopic (exact) mass is 282 g/mol. The van der Waals surface area contributed by atoms with Crippen LogP contribution in [0.5, 0.6) is 0 Å². The van der Waals surface area contributed by atoms with Gasteiger partial charge in [0.05, 0.1) is 5.92 Å². The smallest absolute Gasteiger partial charge is 0.311 e. The SMILES string of the molecule is C[C@@H]1C(=O)O[C@H]2O[C@@]3(C)CC[C@@H]4[C@@H](C)CC[C@H]1[C@]24OO3. The summed E-state index contributed by atoms with van der Waals surface area (Å²) in [7, 11) is 0. The Hall–Kier alpha value is -0.650. The Labute approximate surface area is 118 Å². The Morgan fingerprint density at radius 1 is 1.10 bits per heavy atom. The highest BCUT2D eigenvalue weighted by Crippen LogP contribution is 2.59. The van der Waals surface area contributed by atoms with E-state index in [9.17, 15) is 4.79 Å². The van der Waals surface area contributed by atoms with Crippen LogP contribution in [0.1, 0.15) is 46.5 Å². The van der Waals surface area contributed by atoms with Crippen molar-refractivity contribution in [3.8, 4) is 0 Å². The molecule has 5 aliphatic rings. The van der Waals surface area contributed by atoms with Crippen molar-refractivity contribution in [2.45, 2.75) is 64.1 Å². The van der Waals surface area contributed by atoms with Gasteiger partial charge in [0.2, 0.25) is 12.1 Å². The molecule has 5 rings (SSSR count). The zero-order chi connectivity index (χ0) is 14.1. The largest absolute Gasteiger partial charge is 0.432 e. The minimum Gasteiger partial charge on any atom is -0.432 e. The minimum absolute atomic E-state index is 0.123. The van der Waals surface area contributed by atoms with Gasteiger partial charge in [-0.05, 0) is 32.1 Å². The molecule has 1 aliphatic carbocycles. The van der Waals surface area contributed by atoms with Gasteiger partial charge in [0.1, 0.15) is 0 Å². The van der Waals surface area contributed by atoms with Crippen molar-refractivity contribution in [2.75, 3.05) is 0 Å². The molecule has 4 aliphatic heterocycles. The molecule has 0 N–H and O–H groups in total. The highest BCUT2D eigenvalue weighted by atomic mass is 17.3. The third-order valence-electron chi connectivity index (χ3n) is 5.97. The molecule has 7 atom stereocenters. The van der Waals surface area contributed by atoms with Crippen LogP contribution in [0, 0.1) is 23.7 Å². The normalized spacial score (nSPS) is 57.8. The molecular weight excluding hydrogens is 260 g/mol. The maximum atomic E-state index is 12.1. The van der Waals surface area contributed by atoms with Gasteiger partial charge >= 0.3 is 5.97 Å². The Morgan fingerprint density at radius 2 is 1.90 bits per heavy atom. The van der Waals surface area contributed by atoms with Gasteiger partial charge in [-0.15, -0.1) is 0 Å². The summed E-state index contributed by atoms with van der Waals surface area (Å²) in [4.78, 5) is 23.7. The van der Waals surface area contributed by atoms with Crippen LogP contribution in [0.2, 0.25) is 0 Å². The molecule has 0 aromatic carbocycles. The molecule has 1 saturated carbocycles. The molecule has 5 heteroatoms. The number of carbonyl (C=O) groups is 1. The summed E-state index contributed by atoms with van der Waals surface area (Å²) in [5.41, 5.74) is -0.610. The molecule has 2 bridgehead atoms. The van der Waals surface area contributed by atoms with E-state index in [-0.39, 0.29) is 17.8 Å². The van der Waals surface area contributed by atoms with Gasteiger partial charge in [0, 0.05) is 18.3 Å². The fourth-order valence-corrected chi connectivity index (χ4v) is 4.76. The third-order valence-corrected chi connectivity index (χ3v) is 5.97. The molecule has 112 valence electrons. The first-order chi connectivity index (χ1) is 9.46. The summed E-state index contributed by atoms with van der Waals surface area (Å²) < 4.78 is 11.6. The highest BCUT2D eigenvalue weighted by Gasteiger charge is 2.69. The quantitative estimate of drug-likeness (QED) is 0.504. The molecule has 0 radical (unpaired) electrons. The number of fused-ring (bicyclic) bond motifs is 2. The lowest BCUT2D eigenvalue weighted by Gasteiger charge is -2.57. The average molecular weight is 282 g/mol. The predicted octanol–water partition coefficient (Wildman–Crippen LogP) is 2.39. The minimum atomic E-state index is -0.793. The van der Waals surface area contributed by atoms with Crippen LogP contribution in [0.3, 0.4) is 0 Å². The highest BCUT2D eigenvalue weighted by molar-refractivity contribution is 5.74. The van der Waals surface area contributed by atoms with Crippen LogP contribution in [0.15, 0.2) is 0 Å². The lowest BCUT2D eigenvalue weighted by molar-refractivity contribution is -0.559. The molecule has 1 spiro atoms. The van der Waals surface area contributed by atoms with Gasteiger partial charge in [-0.1, -0.05) is 13.8 Å². The van der Waals surface area contributed by atoms with Crippen LogP contribution in [0.25, 0.3) is 0 Å². The van der Waals surface area contributed by atoms with Crippen LogP contribution < -0.4 is 0 Å². The van der Waals surface area contributed by atoms with Crippen molar-refractivity contribution in [1.29, 1.82) is 0 Å². The van der Waals surface area contributed by atoms with Crippen LogP contribution in [-0.4, -0.2) is 23.6 Å². The molecule has 4 heterocycles. The van der Waals surface area contributed by atoms with E-state index in [1.807, 2.05) is 13.8 Å². The van der Waals surface area contributed by atoms with Crippen molar-refractivity contribution >= 4 is 5.97 Å². The van der Waals surface area contributed by atoms with Gasteiger partial charge in [-0.25, -0.2) is 9.78 Å². The van der Waals surface area contributed by atoms with Crippen LogP contribution >= 0.6 is 0 Å². The van der Waals surface area contributed by atoms with Gasteiger partial charge in [0.25, 0.3) is 0 Å². The van der Waals surface area contributed by atoms with Crippen LogP contribution in [-0.2, 0) is 24.0 Å². The Morgan fingerprint density at radius 3 is 2.70 bits per heavy atom. The zero-order valence-electron chi connectivity index (χ0n) is 12.3. The molecule has 5 fully saturated rings. The molecule has 0 aromatic heterocycles. The van der Waals surface area contributed by atoms with Gasteiger partial charge < -0.3 is 9.47 Å².